The molecule has 0 aliphatic rings. The van der Waals surface area contributed by atoms with Crippen molar-refractivity contribution in [1.29, 1.82) is 0 Å². The maximum Gasteiger partial charge on any atom is 0.150 e. The van der Waals surface area contributed by atoms with Gasteiger partial charge in [-0.05, 0) is 38.4 Å². The number of benzene rings is 5. The average molecular weight is 297 g/mol. The predicted octanol–water partition coefficient (Wildman–Crippen LogP) is 5.33. The third-order valence-corrected chi connectivity index (χ3v) is 4.82. The van der Waals surface area contributed by atoms with Gasteiger partial charge in [0.25, 0.3) is 0 Å². The van der Waals surface area contributed by atoms with Gasteiger partial charge >= 0.3 is 0 Å². The standard InChI is InChI=1S/C21H15NO/c1-23-21-17(22)11-13-7-4-9-15-14-8-2-5-12-6-3-10-16(18(12)14)20(21)19(13)15/h2-11H,22H2,1H3. The maximum absolute atomic E-state index is 6.27. The molecule has 0 saturated heterocycles. The molecule has 0 aliphatic heterocycles. The first-order valence-electron chi connectivity index (χ1n) is 7.71. The molecule has 0 aliphatic carbocycles. The van der Waals surface area contributed by atoms with Gasteiger partial charge in [-0.15, -0.1) is 0 Å². The molecule has 0 atom stereocenters. The molecule has 5 aromatic rings. The molecule has 2 N–H and O–H groups in total. The summed E-state index contributed by atoms with van der Waals surface area (Å²) in [5.74, 6) is 0.770. The molecule has 0 unspecified atom stereocenters. The first-order chi connectivity index (χ1) is 11.3. The van der Waals surface area contributed by atoms with Crippen LogP contribution in [0.2, 0.25) is 0 Å². The Morgan fingerprint density at radius 3 is 2.00 bits per heavy atom. The molecule has 0 fully saturated rings. The number of ether oxygens (including phenoxy) is 1. The molecule has 2 heteroatoms. The van der Waals surface area contributed by atoms with E-state index in [-0.39, 0.29) is 0 Å². The molecule has 0 heterocycles. The van der Waals surface area contributed by atoms with E-state index in [1.165, 1.54) is 32.3 Å². The Morgan fingerprint density at radius 1 is 0.696 bits per heavy atom. The largest absolute Gasteiger partial charge is 0.494 e. The van der Waals surface area contributed by atoms with Crippen molar-refractivity contribution < 1.29 is 4.74 Å². The Labute approximate surface area is 133 Å². The molecule has 0 spiro atoms. The zero-order chi connectivity index (χ0) is 15.6. The number of nitrogen functional groups attached to an aromatic ring is 1. The van der Waals surface area contributed by atoms with E-state index in [0.29, 0.717) is 5.69 Å². The van der Waals surface area contributed by atoms with E-state index < -0.39 is 0 Å². The lowest BCUT2D eigenvalue weighted by atomic mass is 9.89. The molecule has 0 radical (unpaired) electrons. The molecular weight excluding hydrogens is 282 g/mol. The predicted molar refractivity (Wildman–Crippen MR) is 98.6 cm³/mol. The summed E-state index contributed by atoms with van der Waals surface area (Å²) in [6, 6.07) is 21.3. The van der Waals surface area contributed by atoms with Gasteiger partial charge in [-0.1, -0.05) is 54.6 Å². The fourth-order valence-corrected chi connectivity index (χ4v) is 3.94. The Balaban J connectivity index is 2.28. The number of hydrogen-bond acceptors (Lipinski definition) is 2. The zero-order valence-electron chi connectivity index (χ0n) is 12.8. The number of rotatable bonds is 1. The van der Waals surface area contributed by atoms with Crippen LogP contribution in [-0.4, -0.2) is 7.11 Å². The van der Waals surface area contributed by atoms with Gasteiger partial charge in [0.2, 0.25) is 0 Å². The summed E-state index contributed by atoms with van der Waals surface area (Å²) in [5, 5.41) is 9.74. The van der Waals surface area contributed by atoms with Crippen molar-refractivity contribution in [3.05, 3.63) is 60.7 Å². The monoisotopic (exact) mass is 297 g/mol. The number of methoxy groups -OCH3 is 1. The number of anilines is 1. The fourth-order valence-electron chi connectivity index (χ4n) is 3.94. The van der Waals surface area contributed by atoms with Crippen LogP contribution in [0.1, 0.15) is 0 Å². The molecular formula is C21H15NO. The highest BCUT2D eigenvalue weighted by molar-refractivity contribution is 6.34. The van der Waals surface area contributed by atoms with Gasteiger partial charge in [0.05, 0.1) is 12.8 Å². The van der Waals surface area contributed by atoms with Gasteiger partial charge < -0.3 is 10.5 Å². The lowest BCUT2D eigenvalue weighted by molar-refractivity contribution is 0.422. The summed E-state index contributed by atoms with van der Waals surface area (Å²) >= 11 is 0. The van der Waals surface area contributed by atoms with Crippen molar-refractivity contribution >= 4 is 48.8 Å². The molecule has 23 heavy (non-hydrogen) atoms. The van der Waals surface area contributed by atoms with Gasteiger partial charge in [-0.3, -0.25) is 0 Å². The van der Waals surface area contributed by atoms with Crippen molar-refractivity contribution in [2.75, 3.05) is 12.8 Å². The van der Waals surface area contributed by atoms with E-state index in [4.69, 9.17) is 10.5 Å². The van der Waals surface area contributed by atoms with Crippen LogP contribution in [0.25, 0.3) is 43.1 Å². The van der Waals surface area contributed by atoms with E-state index in [1.54, 1.807) is 7.11 Å². The van der Waals surface area contributed by atoms with E-state index in [9.17, 15) is 0 Å². The highest BCUT2D eigenvalue weighted by Gasteiger charge is 2.17. The summed E-state index contributed by atoms with van der Waals surface area (Å²) in [6.45, 7) is 0. The van der Waals surface area contributed by atoms with E-state index in [0.717, 1.165) is 16.5 Å². The minimum Gasteiger partial charge on any atom is -0.494 e. The van der Waals surface area contributed by atoms with Crippen LogP contribution in [0.3, 0.4) is 0 Å². The van der Waals surface area contributed by atoms with Crippen LogP contribution in [0.15, 0.2) is 60.7 Å². The normalized spacial score (nSPS) is 11.9. The lowest BCUT2D eigenvalue weighted by Gasteiger charge is -2.17. The molecule has 5 aromatic carbocycles. The van der Waals surface area contributed by atoms with Crippen LogP contribution < -0.4 is 10.5 Å². The van der Waals surface area contributed by atoms with E-state index in [1.807, 2.05) is 6.07 Å². The van der Waals surface area contributed by atoms with Crippen LogP contribution >= 0.6 is 0 Å². The SMILES string of the molecule is COc1c(N)cc2cccc3c4cccc5cccc(c1c23)c54. The molecule has 0 saturated carbocycles. The van der Waals surface area contributed by atoms with Crippen LogP contribution in [0.4, 0.5) is 5.69 Å². The molecule has 110 valence electrons. The fraction of sp³-hybridized carbons (Fsp3) is 0.0476. The van der Waals surface area contributed by atoms with Gasteiger partial charge in [0.1, 0.15) is 5.75 Å². The summed E-state index contributed by atoms with van der Waals surface area (Å²) < 4.78 is 5.69. The van der Waals surface area contributed by atoms with Gasteiger partial charge in [-0.2, -0.15) is 0 Å². The molecule has 0 bridgehead atoms. The van der Waals surface area contributed by atoms with Crippen molar-refractivity contribution in [2.24, 2.45) is 0 Å². The Bertz CT molecular complexity index is 1200. The average Bonchev–Trinajstić information content (AvgIpc) is 2.58. The number of fused-ring (bicyclic) bond motifs is 2. The lowest BCUT2D eigenvalue weighted by Crippen LogP contribution is -1.96. The second-order valence-electron chi connectivity index (χ2n) is 5.99. The second kappa shape index (κ2) is 4.26. The van der Waals surface area contributed by atoms with Gasteiger partial charge in [0.15, 0.2) is 0 Å². The van der Waals surface area contributed by atoms with Crippen molar-refractivity contribution in [3.8, 4) is 5.75 Å². The van der Waals surface area contributed by atoms with Crippen molar-refractivity contribution in [1.82, 2.24) is 0 Å². The molecule has 5 rings (SSSR count). The van der Waals surface area contributed by atoms with E-state index in [2.05, 4.69) is 54.6 Å². The quantitative estimate of drug-likeness (QED) is 0.258. The first kappa shape index (κ1) is 12.5. The third-order valence-electron chi connectivity index (χ3n) is 4.82. The van der Waals surface area contributed by atoms with E-state index >= 15 is 0 Å². The Morgan fingerprint density at radius 2 is 1.30 bits per heavy atom. The molecule has 2 nitrogen and oxygen atoms in total. The van der Waals surface area contributed by atoms with Crippen LogP contribution in [0, 0.1) is 0 Å². The van der Waals surface area contributed by atoms with Crippen molar-refractivity contribution in [3.63, 3.8) is 0 Å². The first-order valence-corrected chi connectivity index (χ1v) is 7.71. The summed E-state index contributed by atoms with van der Waals surface area (Å²) in [6.07, 6.45) is 0. The second-order valence-corrected chi connectivity index (χ2v) is 5.99. The molecule has 0 aromatic heterocycles. The highest BCUT2D eigenvalue weighted by atomic mass is 16.5. The highest BCUT2D eigenvalue weighted by Crippen LogP contribution is 2.45. The summed E-state index contributed by atoms with van der Waals surface area (Å²) in [7, 11) is 1.69. The minimum atomic E-state index is 0.684. The smallest absolute Gasteiger partial charge is 0.150 e. The zero-order valence-corrected chi connectivity index (χ0v) is 12.8. The molecule has 0 amide bonds. The van der Waals surface area contributed by atoms with Crippen LogP contribution in [0.5, 0.6) is 5.75 Å². The Hall–Kier alpha value is -3.00. The van der Waals surface area contributed by atoms with Gasteiger partial charge in [0, 0.05) is 10.8 Å². The summed E-state index contributed by atoms with van der Waals surface area (Å²) in [5.41, 5.74) is 6.95. The third kappa shape index (κ3) is 1.48. The Kier molecular flexibility index (Phi) is 2.32. The minimum absolute atomic E-state index is 0.684. The number of nitrogens with two attached hydrogens (primary N) is 1. The summed E-state index contributed by atoms with van der Waals surface area (Å²) in [4.78, 5) is 0. The maximum atomic E-state index is 6.27. The van der Waals surface area contributed by atoms with Crippen LogP contribution in [-0.2, 0) is 0 Å². The topological polar surface area (TPSA) is 35.2 Å². The van der Waals surface area contributed by atoms with Gasteiger partial charge in [-0.25, -0.2) is 0 Å². The van der Waals surface area contributed by atoms with Crippen molar-refractivity contribution in [2.45, 2.75) is 0 Å². The number of hydrogen-bond donors (Lipinski definition) is 1.